The number of rotatable bonds is 5. The van der Waals surface area contributed by atoms with Crippen LogP contribution in [0, 0.1) is 17.5 Å². The predicted molar refractivity (Wildman–Crippen MR) is 75.0 cm³/mol. The molecule has 0 radical (unpaired) electrons. The van der Waals surface area contributed by atoms with Crippen molar-refractivity contribution in [3.63, 3.8) is 0 Å². The van der Waals surface area contributed by atoms with E-state index in [1.807, 2.05) is 20.9 Å². The van der Waals surface area contributed by atoms with E-state index in [-0.39, 0.29) is 5.69 Å². The smallest absolute Gasteiger partial charge is 0.194 e. The maximum Gasteiger partial charge on any atom is 0.194 e. The summed E-state index contributed by atoms with van der Waals surface area (Å²) in [6.45, 7) is 4.54. The molecule has 2 rings (SSSR count). The van der Waals surface area contributed by atoms with Crippen LogP contribution in [0.5, 0.6) is 0 Å². The van der Waals surface area contributed by atoms with Crippen molar-refractivity contribution in [1.82, 2.24) is 15.1 Å². The Bertz CT molecular complexity index is 627. The van der Waals surface area contributed by atoms with Gasteiger partial charge in [0.1, 0.15) is 0 Å². The second kappa shape index (κ2) is 6.30. The Kier molecular flexibility index (Phi) is 4.67. The third-order valence-electron chi connectivity index (χ3n) is 3.41. The van der Waals surface area contributed by atoms with E-state index in [1.54, 1.807) is 0 Å². The lowest BCUT2D eigenvalue weighted by Gasteiger charge is -2.09. The zero-order valence-electron chi connectivity index (χ0n) is 12.3. The van der Waals surface area contributed by atoms with Gasteiger partial charge >= 0.3 is 0 Å². The van der Waals surface area contributed by atoms with Crippen LogP contribution >= 0.6 is 0 Å². The molecule has 21 heavy (non-hydrogen) atoms. The highest BCUT2D eigenvalue weighted by atomic mass is 19.2. The van der Waals surface area contributed by atoms with Crippen LogP contribution < -0.4 is 5.32 Å². The van der Waals surface area contributed by atoms with Crippen LogP contribution in [0.4, 0.5) is 13.2 Å². The average Bonchev–Trinajstić information content (AvgIpc) is 2.82. The highest BCUT2D eigenvalue weighted by Gasteiger charge is 2.18. The molecule has 0 amide bonds. The van der Waals surface area contributed by atoms with Gasteiger partial charge in [-0.05, 0) is 19.9 Å². The lowest BCUT2D eigenvalue weighted by molar-refractivity contribution is 0.445. The Balaban J connectivity index is 2.63. The number of nitrogens with zero attached hydrogens (tertiary/aromatic N) is 2. The van der Waals surface area contributed by atoms with E-state index in [9.17, 15) is 13.2 Å². The summed E-state index contributed by atoms with van der Waals surface area (Å²) in [7, 11) is 1.83. The van der Waals surface area contributed by atoms with Crippen molar-refractivity contribution in [3.8, 4) is 5.69 Å². The molecule has 0 aliphatic heterocycles. The molecule has 1 heterocycles. The van der Waals surface area contributed by atoms with E-state index in [4.69, 9.17) is 0 Å². The van der Waals surface area contributed by atoms with Gasteiger partial charge in [0.05, 0.1) is 11.4 Å². The second-order valence-electron chi connectivity index (χ2n) is 4.74. The largest absolute Gasteiger partial charge is 0.316 e. The molecule has 1 aromatic heterocycles. The Morgan fingerprint density at radius 2 is 1.71 bits per heavy atom. The topological polar surface area (TPSA) is 29.9 Å². The summed E-state index contributed by atoms with van der Waals surface area (Å²) < 4.78 is 41.4. The van der Waals surface area contributed by atoms with Gasteiger partial charge in [0.15, 0.2) is 17.5 Å². The minimum atomic E-state index is -1.46. The summed E-state index contributed by atoms with van der Waals surface area (Å²) in [6, 6.07) is 1.93. The molecular formula is C15H18F3N3. The van der Waals surface area contributed by atoms with E-state index >= 15 is 0 Å². The molecule has 0 spiro atoms. The van der Waals surface area contributed by atoms with E-state index in [1.165, 1.54) is 4.68 Å². The minimum Gasteiger partial charge on any atom is -0.316 e. The van der Waals surface area contributed by atoms with Crippen molar-refractivity contribution >= 4 is 0 Å². The number of hydrogen-bond acceptors (Lipinski definition) is 2. The monoisotopic (exact) mass is 297 g/mol. The van der Waals surface area contributed by atoms with Crippen LogP contribution in [0.15, 0.2) is 12.1 Å². The number of hydrogen-bond donors (Lipinski definition) is 1. The fourth-order valence-corrected chi connectivity index (χ4v) is 2.44. The van der Waals surface area contributed by atoms with Crippen LogP contribution in [-0.4, -0.2) is 16.8 Å². The molecule has 1 aromatic carbocycles. The molecule has 6 heteroatoms. The van der Waals surface area contributed by atoms with Crippen molar-refractivity contribution in [2.45, 2.75) is 33.2 Å². The molecule has 0 atom stereocenters. The summed E-state index contributed by atoms with van der Waals surface area (Å²) in [5.41, 5.74) is 2.95. The first-order valence-electron chi connectivity index (χ1n) is 6.92. The SMILES string of the molecule is CCc1nn(-c2cc(F)c(F)c(F)c2)c(CC)c1CNC. The van der Waals surface area contributed by atoms with Crippen LogP contribution in [0.2, 0.25) is 0 Å². The van der Waals surface area contributed by atoms with E-state index in [0.29, 0.717) is 19.4 Å². The van der Waals surface area contributed by atoms with E-state index in [0.717, 1.165) is 29.1 Å². The summed E-state index contributed by atoms with van der Waals surface area (Å²) in [5.74, 6) is -3.89. The number of aryl methyl sites for hydroxylation is 1. The molecule has 114 valence electrons. The van der Waals surface area contributed by atoms with Gasteiger partial charge in [-0.3, -0.25) is 0 Å². The fraction of sp³-hybridized carbons (Fsp3) is 0.400. The summed E-state index contributed by atoms with van der Waals surface area (Å²) in [5, 5.41) is 7.49. The maximum atomic E-state index is 13.4. The van der Waals surface area contributed by atoms with Crippen LogP contribution in [0.1, 0.15) is 30.8 Å². The van der Waals surface area contributed by atoms with Gasteiger partial charge in [-0.2, -0.15) is 5.10 Å². The highest BCUT2D eigenvalue weighted by Crippen LogP contribution is 2.23. The quantitative estimate of drug-likeness (QED) is 0.859. The van der Waals surface area contributed by atoms with Crippen molar-refractivity contribution < 1.29 is 13.2 Å². The third-order valence-corrected chi connectivity index (χ3v) is 3.41. The third kappa shape index (κ3) is 2.81. The van der Waals surface area contributed by atoms with Crippen molar-refractivity contribution in [1.29, 1.82) is 0 Å². The van der Waals surface area contributed by atoms with Crippen molar-refractivity contribution in [3.05, 3.63) is 46.5 Å². The molecule has 3 nitrogen and oxygen atoms in total. The lowest BCUT2D eigenvalue weighted by atomic mass is 10.1. The van der Waals surface area contributed by atoms with E-state index in [2.05, 4.69) is 10.4 Å². The van der Waals surface area contributed by atoms with Crippen molar-refractivity contribution in [2.75, 3.05) is 7.05 Å². The molecule has 0 aliphatic carbocycles. The molecule has 0 fully saturated rings. The van der Waals surface area contributed by atoms with Crippen molar-refractivity contribution in [2.24, 2.45) is 0 Å². The highest BCUT2D eigenvalue weighted by molar-refractivity contribution is 5.39. The molecule has 0 aliphatic rings. The first-order chi connectivity index (χ1) is 10.0. The Morgan fingerprint density at radius 1 is 1.10 bits per heavy atom. The fourth-order valence-electron chi connectivity index (χ4n) is 2.44. The normalized spacial score (nSPS) is 11.1. The summed E-state index contributed by atoms with van der Waals surface area (Å²) >= 11 is 0. The number of benzene rings is 1. The molecule has 1 N–H and O–H groups in total. The van der Waals surface area contributed by atoms with Gasteiger partial charge in [-0.15, -0.1) is 0 Å². The van der Waals surface area contributed by atoms with Gasteiger partial charge < -0.3 is 5.32 Å². The zero-order chi connectivity index (χ0) is 15.6. The number of nitrogens with one attached hydrogen (secondary N) is 1. The molecule has 2 aromatic rings. The molecule has 0 unspecified atom stereocenters. The lowest BCUT2D eigenvalue weighted by Crippen LogP contribution is -2.10. The van der Waals surface area contributed by atoms with Crippen LogP contribution in [-0.2, 0) is 19.4 Å². The standard InChI is InChI=1S/C15H18F3N3/c1-4-13-10(8-19-3)14(5-2)21(20-13)9-6-11(16)15(18)12(17)7-9/h6-7,19H,4-5,8H2,1-3H3. The Morgan fingerprint density at radius 3 is 2.19 bits per heavy atom. The first-order valence-corrected chi connectivity index (χ1v) is 6.92. The number of aromatic nitrogens is 2. The van der Waals surface area contributed by atoms with Gasteiger partial charge in [0.2, 0.25) is 0 Å². The molecule has 0 saturated carbocycles. The first kappa shape index (κ1) is 15.6. The van der Waals surface area contributed by atoms with E-state index < -0.39 is 17.5 Å². The van der Waals surface area contributed by atoms with Gasteiger partial charge in [0, 0.05) is 29.9 Å². The summed E-state index contributed by atoms with van der Waals surface area (Å²) in [4.78, 5) is 0. The van der Waals surface area contributed by atoms with Gasteiger partial charge in [-0.1, -0.05) is 13.8 Å². The summed E-state index contributed by atoms with van der Waals surface area (Å²) in [6.07, 6.45) is 1.37. The Labute approximate surface area is 121 Å². The zero-order valence-corrected chi connectivity index (χ0v) is 12.3. The van der Waals surface area contributed by atoms with Crippen LogP contribution in [0.25, 0.3) is 5.69 Å². The number of halogens is 3. The average molecular weight is 297 g/mol. The molecule has 0 bridgehead atoms. The van der Waals surface area contributed by atoms with Gasteiger partial charge in [-0.25, -0.2) is 17.9 Å². The Hall–Kier alpha value is -1.82. The van der Waals surface area contributed by atoms with Crippen LogP contribution in [0.3, 0.4) is 0 Å². The molecular weight excluding hydrogens is 279 g/mol. The predicted octanol–water partition coefficient (Wildman–Crippen LogP) is 3.13. The second-order valence-corrected chi connectivity index (χ2v) is 4.74. The molecule has 0 saturated heterocycles. The minimum absolute atomic E-state index is 0.195. The van der Waals surface area contributed by atoms with Gasteiger partial charge in [0.25, 0.3) is 0 Å². The maximum absolute atomic E-state index is 13.4.